The fourth-order valence-corrected chi connectivity index (χ4v) is 4.25. The molecule has 220 valence electrons. The molecule has 2 heterocycles. The lowest BCUT2D eigenvalue weighted by atomic mass is 10.0. The van der Waals surface area contributed by atoms with Crippen LogP contribution in [0.5, 0.6) is 46.0 Å². The number of ether oxygens (including phenoxy) is 3. The lowest BCUT2D eigenvalue weighted by Crippen LogP contribution is -2.56. The van der Waals surface area contributed by atoms with Crippen LogP contribution < -0.4 is 10.2 Å². The van der Waals surface area contributed by atoms with Crippen LogP contribution >= 0.6 is 0 Å². The molecule has 1 saturated heterocycles. The van der Waals surface area contributed by atoms with Gasteiger partial charge in [0.25, 0.3) is 0 Å². The maximum absolute atomic E-state index is 13.6. The van der Waals surface area contributed by atoms with Crippen molar-refractivity contribution in [2.75, 3.05) is 6.61 Å². The number of phenolic OH excluding ortho intramolecular Hbond substituents is 7. The Morgan fingerprint density at radius 1 is 0.833 bits per heavy atom. The Kier molecular flexibility index (Phi) is 7.07. The molecule has 3 aromatic carbocycles. The first-order chi connectivity index (χ1) is 19.8. The van der Waals surface area contributed by atoms with Gasteiger partial charge >= 0.3 is 5.97 Å². The molecule has 0 amide bonds. The lowest BCUT2D eigenvalue weighted by molar-refractivity contribution is -0.241. The van der Waals surface area contributed by atoms with Crippen LogP contribution in [0.15, 0.2) is 51.7 Å². The standard InChI is InChI=1S/C27H22O15/c28-11-6-14(31)19-18(7-11)40-23(9-1-2-12(29)13(30)3-9)24(22(19)37)42-27-25(21(36)17(34)8-39-27)41-26(38)10-4-15(32)20(35)16(33)5-10/h1-7,17,21,25,27-36H,8H2/t17-,21-,25+,27+/m0/s1. The number of aliphatic hydroxyl groups is 2. The van der Waals surface area contributed by atoms with Gasteiger partial charge in [0.1, 0.15) is 34.7 Å². The molecule has 15 nitrogen and oxygen atoms in total. The van der Waals surface area contributed by atoms with Gasteiger partial charge in [-0.3, -0.25) is 4.79 Å². The largest absolute Gasteiger partial charge is 0.508 e. The number of hydrogen-bond donors (Lipinski definition) is 9. The maximum atomic E-state index is 13.6. The monoisotopic (exact) mass is 586 g/mol. The number of aromatic hydroxyl groups is 7. The van der Waals surface area contributed by atoms with Crippen LogP contribution in [-0.2, 0) is 9.47 Å². The van der Waals surface area contributed by atoms with E-state index in [1.54, 1.807) is 0 Å². The van der Waals surface area contributed by atoms with Gasteiger partial charge in [-0.1, -0.05) is 0 Å². The molecule has 1 aromatic heterocycles. The molecule has 9 N–H and O–H groups in total. The van der Waals surface area contributed by atoms with Crippen LogP contribution in [0.1, 0.15) is 10.4 Å². The number of carbonyl (C=O) groups is 1. The maximum Gasteiger partial charge on any atom is 0.339 e. The third kappa shape index (κ3) is 4.98. The molecule has 0 unspecified atom stereocenters. The van der Waals surface area contributed by atoms with Crippen LogP contribution in [-0.4, -0.2) is 83.1 Å². The van der Waals surface area contributed by atoms with Crippen molar-refractivity contribution < 1.29 is 69.4 Å². The van der Waals surface area contributed by atoms with Crippen LogP contribution in [0, 0.1) is 0 Å². The van der Waals surface area contributed by atoms with E-state index in [1.807, 2.05) is 0 Å². The minimum absolute atomic E-state index is 0.0397. The zero-order chi connectivity index (χ0) is 30.5. The van der Waals surface area contributed by atoms with Crippen LogP contribution in [0.25, 0.3) is 22.3 Å². The summed E-state index contributed by atoms with van der Waals surface area (Å²) in [4.78, 5) is 26.4. The first-order valence-corrected chi connectivity index (χ1v) is 12.0. The molecule has 4 aromatic rings. The number of hydrogen-bond acceptors (Lipinski definition) is 15. The van der Waals surface area contributed by atoms with E-state index in [9.17, 15) is 55.5 Å². The highest BCUT2D eigenvalue weighted by Gasteiger charge is 2.44. The van der Waals surface area contributed by atoms with E-state index in [-0.39, 0.29) is 11.1 Å². The average Bonchev–Trinajstić information content (AvgIpc) is 2.93. The van der Waals surface area contributed by atoms with Gasteiger partial charge in [0.2, 0.25) is 17.5 Å². The summed E-state index contributed by atoms with van der Waals surface area (Å²) in [7, 11) is 0. The van der Waals surface area contributed by atoms with Gasteiger partial charge in [-0.15, -0.1) is 0 Å². The summed E-state index contributed by atoms with van der Waals surface area (Å²) < 4.78 is 22.1. The Labute approximate surface area is 233 Å². The first kappa shape index (κ1) is 28.2. The number of fused-ring (bicyclic) bond motifs is 1. The molecule has 1 aliphatic rings. The van der Waals surface area contributed by atoms with E-state index >= 15 is 0 Å². The Hall–Kier alpha value is -5.38. The lowest BCUT2D eigenvalue weighted by Gasteiger charge is -2.37. The molecule has 0 bridgehead atoms. The Morgan fingerprint density at radius 3 is 2.19 bits per heavy atom. The molecule has 0 spiro atoms. The number of carbonyl (C=O) groups excluding carboxylic acids is 1. The highest BCUT2D eigenvalue weighted by Crippen LogP contribution is 2.40. The Bertz CT molecular complexity index is 1740. The Morgan fingerprint density at radius 2 is 1.52 bits per heavy atom. The van der Waals surface area contributed by atoms with Crippen molar-refractivity contribution in [1.82, 2.24) is 0 Å². The molecule has 5 rings (SSSR count). The molecule has 15 heteroatoms. The predicted octanol–water partition coefficient (Wildman–Crippen LogP) is 1.08. The fourth-order valence-electron chi connectivity index (χ4n) is 4.25. The van der Waals surface area contributed by atoms with E-state index in [0.717, 1.165) is 36.4 Å². The van der Waals surface area contributed by atoms with Gasteiger partial charge in [0.15, 0.2) is 40.6 Å². The van der Waals surface area contributed by atoms with Crippen molar-refractivity contribution in [2.45, 2.75) is 24.6 Å². The van der Waals surface area contributed by atoms with E-state index in [0.29, 0.717) is 0 Å². The van der Waals surface area contributed by atoms with Gasteiger partial charge in [0.05, 0.1) is 12.2 Å². The summed E-state index contributed by atoms with van der Waals surface area (Å²) in [6, 6.07) is 6.71. The van der Waals surface area contributed by atoms with Crippen molar-refractivity contribution in [1.29, 1.82) is 0 Å². The smallest absolute Gasteiger partial charge is 0.339 e. The minimum atomic E-state index is -1.86. The van der Waals surface area contributed by atoms with Crippen LogP contribution in [0.3, 0.4) is 0 Å². The number of rotatable bonds is 5. The molecule has 1 fully saturated rings. The van der Waals surface area contributed by atoms with Crippen molar-refractivity contribution in [3.8, 4) is 57.3 Å². The molecule has 42 heavy (non-hydrogen) atoms. The topological polar surface area (TPSA) is 257 Å². The van der Waals surface area contributed by atoms with Crippen molar-refractivity contribution in [3.05, 3.63) is 58.3 Å². The van der Waals surface area contributed by atoms with Gasteiger partial charge in [-0.2, -0.15) is 0 Å². The van der Waals surface area contributed by atoms with Crippen molar-refractivity contribution >= 4 is 16.9 Å². The van der Waals surface area contributed by atoms with Gasteiger partial charge in [-0.05, 0) is 30.3 Å². The number of benzene rings is 3. The van der Waals surface area contributed by atoms with Crippen LogP contribution in [0.2, 0.25) is 0 Å². The summed E-state index contributed by atoms with van der Waals surface area (Å²) >= 11 is 0. The van der Waals surface area contributed by atoms with E-state index in [1.165, 1.54) is 6.07 Å². The second-order valence-electron chi connectivity index (χ2n) is 9.24. The van der Waals surface area contributed by atoms with Crippen molar-refractivity contribution in [3.63, 3.8) is 0 Å². The second-order valence-corrected chi connectivity index (χ2v) is 9.24. The second kappa shape index (κ2) is 10.5. The van der Waals surface area contributed by atoms with Crippen molar-refractivity contribution in [2.24, 2.45) is 0 Å². The molecule has 4 atom stereocenters. The number of esters is 1. The first-order valence-electron chi connectivity index (χ1n) is 12.0. The van der Waals surface area contributed by atoms with E-state index < -0.39 is 105 Å². The summed E-state index contributed by atoms with van der Waals surface area (Å²) in [5.74, 6) is -7.28. The molecule has 0 saturated carbocycles. The van der Waals surface area contributed by atoms with E-state index in [2.05, 4.69) is 0 Å². The highest BCUT2D eigenvalue weighted by molar-refractivity contribution is 5.91. The summed E-state index contributed by atoms with van der Waals surface area (Å²) in [5, 5.41) is 89.4. The molecule has 1 aliphatic heterocycles. The minimum Gasteiger partial charge on any atom is -0.508 e. The quantitative estimate of drug-likeness (QED) is 0.117. The fraction of sp³-hybridized carbons (Fsp3) is 0.185. The summed E-state index contributed by atoms with van der Waals surface area (Å²) in [5.41, 5.74) is -1.85. The highest BCUT2D eigenvalue weighted by atomic mass is 16.7. The normalized spacial score (nSPS) is 20.3. The third-order valence-electron chi connectivity index (χ3n) is 6.37. The Balaban J connectivity index is 1.60. The van der Waals surface area contributed by atoms with Gasteiger partial charge in [0, 0.05) is 17.7 Å². The molecular formula is C27H22O15. The van der Waals surface area contributed by atoms with Gasteiger partial charge in [-0.25, -0.2) is 4.79 Å². The molecule has 0 radical (unpaired) electrons. The van der Waals surface area contributed by atoms with Gasteiger partial charge < -0.3 is 64.6 Å². The zero-order valence-electron chi connectivity index (χ0n) is 21.0. The third-order valence-corrected chi connectivity index (χ3v) is 6.37. The molecular weight excluding hydrogens is 564 g/mol. The summed E-state index contributed by atoms with van der Waals surface area (Å²) in [6.07, 6.45) is -7.14. The molecule has 0 aliphatic carbocycles. The van der Waals surface area contributed by atoms with Crippen LogP contribution in [0.4, 0.5) is 0 Å². The number of phenols is 7. The predicted molar refractivity (Wildman–Crippen MR) is 138 cm³/mol. The average molecular weight is 586 g/mol. The number of aliphatic hydroxyl groups excluding tert-OH is 2. The SMILES string of the molecule is O=C(O[C@H]1[C@@H](Oc2c(-c3ccc(O)c(O)c3)oc3cc(O)cc(O)c3c2=O)OC[C@H](O)[C@@H]1O)c1cc(O)c(O)c(O)c1. The van der Waals surface area contributed by atoms with E-state index in [4.69, 9.17) is 18.6 Å². The summed E-state index contributed by atoms with van der Waals surface area (Å²) in [6.45, 7) is -0.561. The zero-order valence-corrected chi connectivity index (χ0v) is 21.0.